The summed E-state index contributed by atoms with van der Waals surface area (Å²) in [6.07, 6.45) is 1.57. The van der Waals surface area contributed by atoms with Crippen LogP contribution >= 0.6 is 22.6 Å². The molecule has 0 fully saturated rings. The molecule has 0 spiro atoms. The van der Waals surface area contributed by atoms with Crippen molar-refractivity contribution in [2.24, 2.45) is 0 Å². The standard InChI is InChI=1S/C16H20IN3O2/c1-3-20(4-2)8-7-19-16(22)13-10-11(17)9-12-14(21)5-6-18-15(12)13/h5-6,9-10H,3-4,7-8H2,1-2H3,(H,18,21)(H,19,22). The highest BCUT2D eigenvalue weighted by atomic mass is 127. The normalized spacial score (nSPS) is 11.1. The molecule has 22 heavy (non-hydrogen) atoms. The summed E-state index contributed by atoms with van der Waals surface area (Å²) in [6.45, 7) is 7.53. The second kappa shape index (κ2) is 7.73. The van der Waals surface area contributed by atoms with Crippen LogP contribution in [0, 0.1) is 3.57 Å². The number of hydrogen-bond donors (Lipinski definition) is 2. The zero-order valence-corrected chi connectivity index (χ0v) is 14.9. The second-order valence-electron chi connectivity index (χ2n) is 5.00. The minimum atomic E-state index is -0.155. The Morgan fingerprint density at radius 1 is 1.32 bits per heavy atom. The number of benzene rings is 1. The molecule has 0 saturated heterocycles. The van der Waals surface area contributed by atoms with Crippen LogP contribution in [0.4, 0.5) is 0 Å². The van der Waals surface area contributed by atoms with E-state index in [0.29, 0.717) is 23.0 Å². The fourth-order valence-electron chi connectivity index (χ4n) is 2.39. The van der Waals surface area contributed by atoms with Crippen molar-refractivity contribution in [3.8, 4) is 0 Å². The smallest absolute Gasteiger partial charge is 0.253 e. The van der Waals surface area contributed by atoms with Gasteiger partial charge in [0.15, 0.2) is 5.43 Å². The molecule has 0 bridgehead atoms. The first-order valence-corrected chi connectivity index (χ1v) is 8.46. The van der Waals surface area contributed by atoms with Crippen molar-refractivity contribution in [2.75, 3.05) is 26.2 Å². The largest absolute Gasteiger partial charge is 0.360 e. The number of hydrogen-bond acceptors (Lipinski definition) is 3. The van der Waals surface area contributed by atoms with Gasteiger partial charge in [-0.1, -0.05) is 13.8 Å². The summed E-state index contributed by atoms with van der Waals surface area (Å²) < 4.78 is 0.871. The summed E-state index contributed by atoms with van der Waals surface area (Å²) >= 11 is 2.12. The highest BCUT2D eigenvalue weighted by Gasteiger charge is 2.13. The van der Waals surface area contributed by atoms with Crippen LogP contribution in [-0.2, 0) is 0 Å². The first kappa shape index (κ1) is 17.0. The fourth-order valence-corrected chi connectivity index (χ4v) is 3.01. The lowest BCUT2D eigenvalue weighted by Crippen LogP contribution is -2.35. The van der Waals surface area contributed by atoms with Crippen molar-refractivity contribution in [3.63, 3.8) is 0 Å². The monoisotopic (exact) mass is 413 g/mol. The third-order valence-corrected chi connectivity index (χ3v) is 4.31. The van der Waals surface area contributed by atoms with E-state index in [1.165, 1.54) is 6.07 Å². The highest BCUT2D eigenvalue weighted by Crippen LogP contribution is 2.18. The molecule has 2 rings (SSSR count). The van der Waals surface area contributed by atoms with Gasteiger partial charge in [-0.05, 0) is 47.8 Å². The molecule has 1 heterocycles. The molecule has 5 nitrogen and oxygen atoms in total. The summed E-state index contributed by atoms with van der Waals surface area (Å²) in [7, 11) is 0. The first-order valence-electron chi connectivity index (χ1n) is 7.38. The third kappa shape index (κ3) is 3.86. The zero-order chi connectivity index (χ0) is 16.1. The average molecular weight is 413 g/mol. The van der Waals surface area contributed by atoms with Gasteiger partial charge < -0.3 is 15.2 Å². The summed E-state index contributed by atoms with van der Waals surface area (Å²) in [5.74, 6) is -0.155. The number of pyridine rings is 1. The van der Waals surface area contributed by atoms with Gasteiger partial charge in [-0.2, -0.15) is 0 Å². The Balaban J connectivity index is 2.21. The molecular weight excluding hydrogens is 393 g/mol. The molecular formula is C16H20IN3O2. The Hall–Kier alpha value is -1.41. The van der Waals surface area contributed by atoms with Crippen LogP contribution < -0.4 is 10.7 Å². The molecule has 0 aliphatic carbocycles. The number of carbonyl (C=O) groups excluding carboxylic acids is 1. The van der Waals surface area contributed by atoms with Gasteiger partial charge in [-0.25, -0.2) is 0 Å². The SMILES string of the molecule is CCN(CC)CCNC(=O)c1cc(I)cc2c(=O)cc[nH]c12. The third-order valence-electron chi connectivity index (χ3n) is 3.68. The molecule has 0 aliphatic rings. The second-order valence-corrected chi connectivity index (χ2v) is 6.25. The first-order chi connectivity index (χ1) is 10.6. The lowest BCUT2D eigenvalue weighted by atomic mass is 10.1. The number of rotatable bonds is 6. The van der Waals surface area contributed by atoms with Crippen molar-refractivity contribution in [3.05, 3.63) is 43.8 Å². The molecule has 0 atom stereocenters. The van der Waals surface area contributed by atoms with Crippen molar-refractivity contribution in [1.29, 1.82) is 0 Å². The molecule has 0 radical (unpaired) electrons. The molecule has 2 N–H and O–H groups in total. The molecule has 1 aromatic carbocycles. The van der Waals surface area contributed by atoms with Gasteiger partial charge in [0.2, 0.25) is 0 Å². The van der Waals surface area contributed by atoms with E-state index in [2.05, 4.69) is 51.6 Å². The van der Waals surface area contributed by atoms with Crippen LogP contribution in [0.2, 0.25) is 0 Å². The van der Waals surface area contributed by atoms with E-state index in [-0.39, 0.29) is 11.3 Å². The van der Waals surface area contributed by atoms with E-state index in [9.17, 15) is 9.59 Å². The van der Waals surface area contributed by atoms with E-state index in [1.807, 2.05) is 0 Å². The molecule has 2 aromatic rings. The fraction of sp³-hybridized carbons (Fsp3) is 0.375. The molecule has 1 amide bonds. The van der Waals surface area contributed by atoms with Crippen LogP contribution in [0.1, 0.15) is 24.2 Å². The van der Waals surface area contributed by atoms with Gasteiger partial charge in [0, 0.05) is 34.3 Å². The Morgan fingerprint density at radius 2 is 2.05 bits per heavy atom. The van der Waals surface area contributed by atoms with E-state index < -0.39 is 0 Å². The van der Waals surface area contributed by atoms with Gasteiger partial charge in [0.1, 0.15) is 0 Å². The quantitative estimate of drug-likeness (QED) is 0.714. The number of aromatic nitrogens is 1. The zero-order valence-electron chi connectivity index (χ0n) is 12.8. The Labute approximate surface area is 143 Å². The number of aromatic amines is 1. The summed E-state index contributed by atoms with van der Waals surface area (Å²) in [6, 6.07) is 5.06. The van der Waals surface area contributed by atoms with Crippen LogP contribution in [0.5, 0.6) is 0 Å². The van der Waals surface area contributed by atoms with Gasteiger partial charge in [-0.15, -0.1) is 0 Å². The van der Waals surface area contributed by atoms with E-state index in [1.54, 1.807) is 18.3 Å². The number of likely N-dealkylation sites (N-methyl/N-ethyl adjacent to an activating group) is 1. The van der Waals surface area contributed by atoms with Crippen molar-refractivity contribution < 1.29 is 4.79 Å². The van der Waals surface area contributed by atoms with Crippen molar-refractivity contribution in [1.82, 2.24) is 15.2 Å². The van der Waals surface area contributed by atoms with E-state index in [0.717, 1.165) is 23.2 Å². The van der Waals surface area contributed by atoms with Gasteiger partial charge in [0.05, 0.1) is 11.1 Å². The maximum atomic E-state index is 12.4. The summed E-state index contributed by atoms with van der Waals surface area (Å²) in [5.41, 5.74) is 1.02. The molecule has 6 heteroatoms. The Morgan fingerprint density at radius 3 is 2.73 bits per heavy atom. The van der Waals surface area contributed by atoms with Crippen LogP contribution in [0.3, 0.4) is 0 Å². The molecule has 118 valence electrons. The maximum absolute atomic E-state index is 12.4. The minimum Gasteiger partial charge on any atom is -0.360 e. The lowest BCUT2D eigenvalue weighted by Gasteiger charge is -2.18. The van der Waals surface area contributed by atoms with Gasteiger partial charge in [-0.3, -0.25) is 9.59 Å². The van der Waals surface area contributed by atoms with Crippen molar-refractivity contribution in [2.45, 2.75) is 13.8 Å². The van der Waals surface area contributed by atoms with Gasteiger partial charge in [0.25, 0.3) is 5.91 Å². The predicted molar refractivity (Wildman–Crippen MR) is 97.4 cm³/mol. The topological polar surface area (TPSA) is 65.2 Å². The number of fused-ring (bicyclic) bond motifs is 1. The Bertz CT molecular complexity index is 723. The lowest BCUT2D eigenvalue weighted by molar-refractivity contribution is 0.0950. The van der Waals surface area contributed by atoms with E-state index in [4.69, 9.17) is 0 Å². The molecule has 0 unspecified atom stereocenters. The molecule has 0 aliphatic heterocycles. The Kier molecular flexibility index (Phi) is 5.96. The maximum Gasteiger partial charge on any atom is 0.253 e. The number of carbonyl (C=O) groups is 1. The van der Waals surface area contributed by atoms with Crippen LogP contribution in [-0.4, -0.2) is 42.0 Å². The summed E-state index contributed by atoms with van der Waals surface area (Å²) in [5, 5.41) is 3.48. The van der Waals surface area contributed by atoms with Crippen LogP contribution in [0.15, 0.2) is 29.2 Å². The number of nitrogens with zero attached hydrogens (tertiary/aromatic N) is 1. The van der Waals surface area contributed by atoms with Gasteiger partial charge >= 0.3 is 0 Å². The number of nitrogens with one attached hydrogen (secondary N) is 2. The van der Waals surface area contributed by atoms with E-state index >= 15 is 0 Å². The minimum absolute atomic E-state index is 0.0792. The number of amides is 1. The number of H-pyrrole nitrogens is 1. The van der Waals surface area contributed by atoms with Crippen LogP contribution in [0.25, 0.3) is 10.9 Å². The van der Waals surface area contributed by atoms with Crippen molar-refractivity contribution >= 4 is 39.4 Å². The molecule has 1 aromatic heterocycles. The molecule has 0 saturated carbocycles. The average Bonchev–Trinajstić information content (AvgIpc) is 2.51. The summed E-state index contributed by atoms with van der Waals surface area (Å²) in [4.78, 5) is 29.6. The highest BCUT2D eigenvalue weighted by molar-refractivity contribution is 14.1. The number of halogens is 1. The predicted octanol–water partition coefficient (Wildman–Crippen LogP) is 2.20.